The summed E-state index contributed by atoms with van der Waals surface area (Å²) in [5, 5.41) is 3.51. The van der Waals surface area contributed by atoms with Crippen LogP contribution < -0.4 is 0 Å². The van der Waals surface area contributed by atoms with Gasteiger partial charge in [-0.3, -0.25) is 4.79 Å². The Kier molecular flexibility index (Phi) is 4.92. The molecule has 0 aliphatic rings. The van der Waals surface area contributed by atoms with Gasteiger partial charge in [-0.05, 0) is 20.3 Å². The maximum Gasteiger partial charge on any atom is 0.342 e. The fourth-order valence-corrected chi connectivity index (χ4v) is 0.429. The predicted molar refractivity (Wildman–Crippen MR) is 44.8 cm³/mol. The molecule has 0 rings (SSSR count). The monoisotopic (exact) mass is 171 g/mol. The summed E-state index contributed by atoms with van der Waals surface area (Å²) in [5.74, 6) is -0.820. The van der Waals surface area contributed by atoms with Gasteiger partial charge in [-0.1, -0.05) is 12.1 Å². The molecule has 0 fully saturated rings. The smallest absolute Gasteiger partial charge is 0.318 e. The van der Waals surface area contributed by atoms with Crippen molar-refractivity contribution in [2.75, 3.05) is 0 Å². The van der Waals surface area contributed by atoms with Crippen molar-refractivity contribution in [2.24, 2.45) is 5.16 Å². The second-order valence-electron chi connectivity index (χ2n) is 2.52. The molecule has 0 amide bonds. The van der Waals surface area contributed by atoms with E-state index < -0.39 is 5.97 Å². The van der Waals surface area contributed by atoms with E-state index in [4.69, 9.17) is 0 Å². The summed E-state index contributed by atoms with van der Waals surface area (Å²) in [6.07, 6.45) is 0.522. The van der Waals surface area contributed by atoms with Crippen molar-refractivity contribution in [1.82, 2.24) is 0 Å². The molecule has 4 nitrogen and oxygen atoms in total. The molecule has 68 valence electrons. The van der Waals surface area contributed by atoms with Crippen LogP contribution in [0, 0.1) is 0 Å². The number of Topliss-reactive ketones (excluding diaryl/α,β-unsaturated/α-hetero) is 1. The molecule has 0 aromatic carbocycles. The van der Waals surface area contributed by atoms with Gasteiger partial charge >= 0.3 is 5.97 Å². The maximum absolute atomic E-state index is 10.7. The Morgan fingerprint density at radius 2 is 1.92 bits per heavy atom. The van der Waals surface area contributed by atoms with Crippen LogP contribution in [0.4, 0.5) is 0 Å². The van der Waals surface area contributed by atoms with Gasteiger partial charge in [0.05, 0.1) is 5.71 Å². The highest BCUT2D eigenvalue weighted by atomic mass is 16.7. The Labute approximate surface area is 71.6 Å². The van der Waals surface area contributed by atoms with Gasteiger partial charge in [0, 0.05) is 0 Å². The third kappa shape index (κ3) is 5.58. The number of hydrogen-bond acceptors (Lipinski definition) is 4. The third-order valence-corrected chi connectivity index (χ3v) is 1.21. The van der Waals surface area contributed by atoms with E-state index in [1.807, 2.05) is 6.92 Å². The second kappa shape index (κ2) is 5.46. The van der Waals surface area contributed by atoms with Gasteiger partial charge in [0.25, 0.3) is 0 Å². The van der Waals surface area contributed by atoms with Gasteiger partial charge in [0.15, 0.2) is 0 Å². The Morgan fingerprint density at radius 1 is 1.33 bits per heavy atom. The Bertz CT molecular complexity index is 208. The number of ketones is 1. The summed E-state index contributed by atoms with van der Waals surface area (Å²) in [7, 11) is 0. The zero-order valence-electron chi connectivity index (χ0n) is 7.59. The van der Waals surface area contributed by atoms with Gasteiger partial charge in [0.1, 0.15) is 12.2 Å². The fourth-order valence-electron chi connectivity index (χ4n) is 0.429. The molecule has 0 aliphatic heterocycles. The maximum atomic E-state index is 10.7. The molecule has 0 aromatic rings. The van der Waals surface area contributed by atoms with E-state index in [2.05, 4.69) is 9.99 Å². The molecule has 0 spiro atoms. The van der Waals surface area contributed by atoms with E-state index in [9.17, 15) is 9.59 Å². The average Bonchev–Trinajstić information content (AvgIpc) is 1.99. The zero-order chi connectivity index (χ0) is 9.56. The molecule has 4 heteroatoms. The first kappa shape index (κ1) is 10.8. The van der Waals surface area contributed by atoms with Crippen molar-refractivity contribution in [3.63, 3.8) is 0 Å². The van der Waals surface area contributed by atoms with Gasteiger partial charge in [-0.2, -0.15) is 0 Å². The van der Waals surface area contributed by atoms with Crippen molar-refractivity contribution in [2.45, 2.75) is 33.6 Å². The molecule has 0 saturated heterocycles. The van der Waals surface area contributed by atoms with Crippen molar-refractivity contribution >= 4 is 17.5 Å². The van der Waals surface area contributed by atoms with Crippen LogP contribution in [0.2, 0.25) is 0 Å². The normalized spacial score (nSPS) is 11.1. The minimum Gasteiger partial charge on any atom is -0.318 e. The van der Waals surface area contributed by atoms with Crippen LogP contribution in [-0.2, 0) is 14.4 Å². The highest BCUT2D eigenvalue weighted by Gasteiger charge is 2.05. The minimum absolute atomic E-state index is 0.208. The predicted octanol–water partition coefficient (Wildman–Crippen LogP) is 1.29. The lowest BCUT2D eigenvalue weighted by atomic mass is 10.3. The molecule has 0 heterocycles. The van der Waals surface area contributed by atoms with Crippen molar-refractivity contribution < 1.29 is 14.4 Å². The van der Waals surface area contributed by atoms with E-state index in [1.165, 1.54) is 6.92 Å². The lowest BCUT2D eigenvalue weighted by molar-refractivity contribution is -0.145. The molecule has 0 atom stereocenters. The molecular formula is C8H13NO3. The summed E-state index contributed by atoms with van der Waals surface area (Å²) in [4.78, 5) is 25.6. The molecule has 0 bridgehead atoms. The first-order chi connectivity index (χ1) is 5.56. The first-order valence-corrected chi connectivity index (χ1v) is 3.79. The molecule has 0 aromatic heterocycles. The summed E-state index contributed by atoms with van der Waals surface area (Å²) >= 11 is 0. The van der Waals surface area contributed by atoms with Crippen LogP contribution in [0.1, 0.15) is 33.6 Å². The number of rotatable bonds is 4. The second-order valence-corrected chi connectivity index (χ2v) is 2.52. The number of nitrogens with zero attached hydrogens (tertiary/aromatic N) is 1. The van der Waals surface area contributed by atoms with Crippen LogP contribution in [-0.4, -0.2) is 17.5 Å². The fraction of sp³-hybridized carbons (Fsp3) is 0.625. The van der Waals surface area contributed by atoms with E-state index in [0.29, 0.717) is 0 Å². The topological polar surface area (TPSA) is 55.7 Å². The highest BCUT2D eigenvalue weighted by molar-refractivity contribution is 5.94. The SMILES string of the molecule is CCC(C)=NOC(=O)CC(C)=O. The van der Waals surface area contributed by atoms with Crippen molar-refractivity contribution in [3.05, 3.63) is 0 Å². The van der Waals surface area contributed by atoms with E-state index in [0.717, 1.165) is 12.1 Å². The number of hydrogen-bond donors (Lipinski definition) is 0. The van der Waals surface area contributed by atoms with E-state index in [1.54, 1.807) is 6.92 Å². The van der Waals surface area contributed by atoms with Gasteiger partial charge in [0.2, 0.25) is 0 Å². The Morgan fingerprint density at radius 3 is 2.33 bits per heavy atom. The molecule has 0 aliphatic carbocycles. The highest BCUT2D eigenvalue weighted by Crippen LogP contribution is 1.91. The molecule has 0 N–H and O–H groups in total. The Hall–Kier alpha value is -1.19. The van der Waals surface area contributed by atoms with Crippen LogP contribution in [0.3, 0.4) is 0 Å². The number of carbonyl (C=O) groups excluding carboxylic acids is 2. The largest absolute Gasteiger partial charge is 0.342 e. The Balaban J connectivity index is 3.78. The van der Waals surface area contributed by atoms with Gasteiger partial charge < -0.3 is 4.84 Å². The van der Waals surface area contributed by atoms with Crippen LogP contribution in [0.5, 0.6) is 0 Å². The third-order valence-electron chi connectivity index (χ3n) is 1.21. The van der Waals surface area contributed by atoms with Crippen LogP contribution in [0.25, 0.3) is 0 Å². The molecular weight excluding hydrogens is 158 g/mol. The summed E-state index contributed by atoms with van der Waals surface area (Å²) in [5.41, 5.74) is 0.729. The van der Waals surface area contributed by atoms with Crippen LogP contribution >= 0.6 is 0 Å². The molecule has 0 radical (unpaired) electrons. The summed E-state index contributed by atoms with van der Waals surface area (Å²) < 4.78 is 0. The van der Waals surface area contributed by atoms with Crippen molar-refractivity contribution in [3.8, 4) is 0 Å². The molecule has 0 saturated carbocycles. The van der Waals surface area contributed by atoms with E-state index >= 15 is 0 Å². The minimum atomic E-state index is -0.602. The van der Waals surface area contributed by atoms with Gasteiger partial charge in [-0.15, -0.1) is 0 Å². The number of oxime groups is 1. The lowest BCUT2D eigenvalue weighted by Crippen LogP contribution is -2.06. The summed E-state index contributed by atoms with van der Waals surface area (Å²) in [6, 6.07) is 0. The average molecular weight is 171 g/mol. The molecule has 0 unspecified atom stereocenters. The zero-order valence-corrected chi connectivity index (χ0v) is 7.59. The quantitative estimate of drug-likeness (QED) is 0.277. The van der Waals surface area contributed by atoms with E-state index in [-0.39, 0.29) is 12.2 Å². The van der Waals surface area contributed by atoms with Gasteiger partial charge in [-0.25, -0.2) is 4.79 Å². The first-order valence-electron chi connectivity index (χ1n) is 3.79. The summed E-state index contributed by atoms with van der Waals surface area (Å²) in [6.45, 7) is 4.98. The standard InChI is InChI=1S/C8H13NO3/c1-4-6(2)9-12-8(11)5-7(3)10/h4-5H2,1-3H3. The number of carbonyl (C=O) groups is 2. The van der Waals surface area contributed by atoms with Crippen molar-refractivity contribution in [1.29, 1.82) is 0 Å². The lowest BCUT2D eigenvalue weighted by Gasteiger charge is -1.95. The van der Waals surface area contributed by atoms with Crippen LogP contribution in [0.15, 0.2) is 5.16 Å². The molecule has 12 heavy (non-hydrogen) atoms.